The van der Waals surface area contributed by atoms with Crippen molar-refractivity contribution in [3.05, 3.63) is 23.8 Å². The fourth-order valence-corrected chi connectivity index (χ4v) is 2.70. The van der Waals surface area contributed by atoms with Crippen LogP contribution in [0.15, 0.2) is 18.2 Å². The molecule has 1 aromatic rings. The van der Waals surface area contributed by atoms with Gasteiger partial charge in [0.25, 0.3) is 5.91 Å². The number of hydrogen-bond acceptors (Lipinski definition) is 4. The van der Waals surface area contributed by atoms with E-state index >= 15 is 0 Å². The number of nitrogens with one attached hydrogen (secondary N) is 1. The Bertz CT molecular complexity index is 570. The van der Waals surface area contributed by atoms with Crippen LogP contribution in [0, 0.1) is 11.8 Å². The first-order valence-electron chi connectivity index (χ1n) is 8.73. The number of nitrogens with two attached hydrogens (primary N) is 1. The third-order valence-corrected chi connectivity index (χ3v) is 4.68. The summed E-state index contributed by atoms with van der Waals surface area (Å²) in [6.07, 6.45) is 3.22. The van der Waals surface area contributed by atoms with Crippen LogP contribution in [0.25, 0.3) is 0 Å². The van der Waals surface area contributed by atoms with Crippen LogP contribution in [0.4, 0.5) is 0 Å². The third kappa shape index (κ3) is 4.63. The molecular formula is C19H30N2O3. The molecule has 1 amide bonds. The van der Waals surface area contributed by atoms with E-state index in [1.807, 2.05) is 6.92 Å². The second-order valence-electron chi connectivity index (χ2n) is 7.25. The van der Waals surface area contributed by atoms with Gasteiger partial charge in [-0.3, -0.25) is 4.79 Å². The highest BCUT2D eigenvalue weighted by molar-refractivity contribution is 5.95. The Morgan fingerprint density at radius 2 is 2.08 bits per heavy atom. The maximum atomic E-state index is 12.6. The van der Waals surface area contributed by atoms with Crippen molar-refractivity contribution >= 4 is 5.91 Å². The number of ether oxygens (including phenoxy) is 2. The maximum Gasteiger partial charge on any atom is 0.251 e. The van der Waals surface area contributed by atoms with Gasteiger partial charge in [-0.15, -0.1) is 0 Å². The average Bonchev–Trinajstić information content (AvgIpc) is 3.39. The van der Waals surface area contributed by atoms with Crippen molar-refractivity contribution in [1.82, 2.24) is 5.32 Å². The molecule has 2 rings (SSSR count). The van der Waals surface area contributed by atoms with E-state index in [1.165, 1.54) is 0 Å². The van der Waals surface area contributed by atoms with E-state index in [9.17, 15) is 4.79 Å². The molecule has 0 saturated heterocycles. The molecule has 0 heterocycles. The van der Waals surface area contributed by atoms with Crippen LogP contribution in [0.5, 0.6) is 11.5 Å². The molecule has 1 saturated carbocycles. The fraction of sp³-hybridized carbons (Fsp3) is 0.632. The highest BCUT2D eigenvalue weighted by Crippen LogP contribution is 2.39. The van der Waals surface area contributed by atoms with Gasteiger partial charge in [0.2, 0.25) is 0 Å². The third-order valence-electron chi connectivity index (χ3n) is 4.68. The summed E-state index contributed by atoms with van der Waals surface area (Å²) in [5, 5.41) is 3.09. The van der Waals surface area contributed by atoms with Crippen LogP contribution in [0.1, 0.15) is 50.4 Å². The molecule has 1 aliphatic carbocycles. The van der Waals surface area contributed by atoms with E-state index < -0.39 is 0 Å². The summed E-state index contributed by atoms with van der Waals surface area (Å²) in [6.45, 7) is 7.40. The van der Waals surface area contributed by atoms with Crippen molar-refractivity contribution in [1.29, 1.82) is 0 Å². The molecular weight excluding hydrogens is 304 g/mol. The van der Waals surface area contributed by atoms with Gasteiger partial charge in [-0.2, -0.15) is 0 Å². The van der Waals surface area contributed by atoms with Crippen LogP contribution in [0.2, 0.25) is 0 Å². The number of hydrogen-bond donors (Lipinski definition) is 2. The number of benzene rings is 1. The normalized spacial score (nSPS) is 16.6. The minimum absolute atomic E-state index is 0.123. The summed E-state index contributed by atoms with van der Waals surface area (Å²) in [4.78, 5) is 12.6. The standard InChI is InChI=1S/C19H30N2O3/c1-13(2)9-10-24-16-8-5-14(11-17(16)23-4)18(22)21-19(3,12-20)15-6-7-15/h5,8,11,13,15H,6-7,9-10,12,20H2,1-4H3,(H,21,22). The first-order chi connectivity index (χ1) is 11.4. The molecule has 5 heteroatoms. The Kier molecular flexibility index (Phi) is 6.10. The van der Waals surface area contributed by atoms with Crippen molar-refractivity contribution in [3.63, 3.8) is 0 Å². The summed E-state index contributed by atoms with van der Waals surface area (Å²) in [6, 6.07) is 5.29. The topological polar surface area (TPSA) is 73.6 Å². The SMILES string of the molecule is COc1cc(C(=O)NC(C)(CN)C2CC2)ccc1OCCC(C)C. The zero-order chi connectivity index (χ0) is 17.7. The molecule has 24 heavy (non-hydrogen) atoms. The second kappa shape index (κ2) is 7.88. The summed E-state index contributed by atoms with van der Waals surface area (Å²) in [7, 11) is 1.58. The van der Waals surface area contributed by atoms with Crippen LogP contribution in [0.3, 0.4) is 0 Å². The molecule has 0 bridgehead atoms. The molecule has 0 radical (unpaired) electrons. The fourth-order valence-electron chi connectivity index (χ4n) is 2.70. The molecule has 134 valence electrons. The van der Waals surface area contributed by atoms with E-state index in [0.29, 0.717) is 42.0 Å². The monoisotopic (exact) mass is 334 g/mol. The van der Waals surface area contributed by atoms with Gasteiger partial charge in [0.1, 0.15) is 0 Å². The Hall–Kier alpha value is -1.75. The lowest BCUT2D eigenvalue weighted by molar-refractivity contribution is 0.0897. The van der Waals surface area contributed by atoms with Crippen molar-refractivity contribution in [2.75, 3.05) is 20.3 Å². The molecule has 3 N–H and O–H groups in total. The Morgan fingerprint density at radius 3 is 2.62 bits per heavy atom. The van der Waals surface area contributed by atoms with Crippen molar-refractivity contribution in [2.24, 2.45) is 17.6 Å². The predicted molar refractivity (Wildman–Crippen MR) is 95.6 cm³/mol. The summed E-state index contributed by atoms with van der Waals surface area (Å²) in [5.41, 5.74) is 6.10. The van der Waals surface area contributed by atoms with Gasteiger partial charge >= 0.3 is 0 Å². The molecule has 0 spiro atoms. The van der Waals surface area contributed by atoms with E-state index in [4.69, 9.17) is 15.2 Å². The summed E-state index contributed by atoms with van der Waals surface area (Å²) < 4.78 is 11.1. The lowest BCUT2D eigenvalue weighted by Gasteiger charge is -2.29. The Morgan fingerprint density at radius 1 is 1.38 bits per heavy atom. The highest BCUT2D eigenvalue weighted by atomic mass is 16.5. The minimum Gasteiger partial charge on any atom is -0.493 e. The number of amides is 1. The first-order valence-corrected chi connectivity index (χ1v) is 8.73. The first kappa shape index (κ1) is 18.6. The number of rotatable bonds is 9. The lowest BCUT2D eigenvalue weighted by Crippen LogP contribution is -2.53. The van der Waals surface area contributed by atoms with Crippen molar-refractivity contribution in [3.8, 4) is 11.5 Å². The van der Waals surface area contributed by atoms with Crippen LogP contribution >= 0.6 is 0 Å². The zero-order valence-electron chi connectivity index (χ0n) is 15.2. The summed E-state index contributed by atoms with van der Waals surface area (Å²) in [5.74, 6) is 2.18. The Labute approximate surface area is 144 Å². The molecule has 1 fully saturated rings. The molecule has 1 aliphatic rings. The second-order valence-corrected chi connectivity index (χ2v) is 7.25. The Balaban J connectivity index is 2.06. The van der Waals surface area contributed by atoms with Gasteiger partial charge in [0, 0.05) is 12.1 Å². The van der Waals surface area contributed by atoms with E-state index in [2.05, 4.69) is 19.2 Å². The quantitative estimate of drug-likeness (QED) is 0.728. The lowest BCUT2D eigenvalue weighted by atomic mass is 9.95. The molecule has 0 aromatic heterocycles. The number of carbonyl (C=O) groups excluding carboxylic acids is 1. The number of carbonyl (C=O) groups is 1. The molecule has 1 unspecified atom stereocenters. The van der Waals surface area contributed by atoms with Gasteiger partial charge in [-0.1, -0.05) is 13.8 Å². The molecule has 1 aromatic carbocycles. The van der Waals surface area contributed by atoms with Crippen LogP contribution < -0.4 is 20.5 Å². The molecule has 1 atom stereocenters. The smallest absolute Gasteiger partial charge is 0.251 e. The van der Waals surface area contributed by atoms with Crippen molar-refractivity contribution in [2.45, 2.75) is 45.6 Å². The van der Waals surface area contributed by atoms with E-state index in [0.717, 1.165) is 19.3 Å². The average molecular weight is 334 g/mol. The number of methoxy groups -OCH3 is 1. The molecule has 0 aliphatic heterocycles. The predicted octanol–water partition coefficient (Wildman–Crippen LogP) is 2.98. The van der Waals surface area contributed by atoms with Gasteiger partial charge in [-0.25, -0.2) is 0 Å². The largest absolute Gasteiger partial charge is 0.493 e. The molecule has 5 nitrogen and oxygen atoms in total. The summed E-state index contributed by atoms with van der Waals surface area (Å²) >= 11 is 0. The van der Waals surface area contributed by atoms with Gasteiger partial charge in [-0.05, 0) is 56.2 Å². The van der Waals surface area contributed by atoms with Crippen LogP contribution in [-0.2, 0) is 0 Å². The van der Waals surface area contributed by atoms with Gasteiger partial charge in [0.15, 0.2) is 11.5 Å². The van der Waals surface area contributed by atoms with E-state index in [-0.39, 0.29) is 11.4 Å². The van der Waals surface area contributed by atoms with Crippen molar-refractivity contribution < 1.29 is 14.3 Å². The van der Waals surface area contributed by atoms with Crippen LogP contribution in [-0.4, -0.2) is 31.7 Å². The van der Waals surface area contributed by atoms with Gasteiger partial charge in [0.05, 0.1) is 19.3 Å². The highest BCUT2D eigenvalue weighted by Gasteiger charge is 2.41. The zero-order valence-corrected chi connectivity index (χ0v) is 15.2. The maximum absolute atomic E-state index is 12.6. The van der Waals surface area contributed by atoms with E-state index in [1.54, 1.807) is 25.3 Å². The van der Waals surface area contributed by atoms with Gasteiger partial charge < -0.3 is 20.5 Å². The minimum atomic E-state index is -0.337.